The molecule has 0 radical (unpaired) electrons. The SMILES string of the molecule is COc1ccc(N2CCN(C(CNC(=O)c3cc(Cl)ccc3[N+](=O)[O-])c3ccco3)CC2)cc1. The zero-order valence-electron chi connectivity index (χ0n) is 18.6. The van der Waals surface area contributed by atoms with Crippen molar-refractivity contribution in [3.05, 3.63) is 87.3 Å². The molecule has 1 atom stereocenters. The molecular formula is C24H25ClN4O5. The summed E-state index contributed by atoms with van der Waals surface area (Å²) in [4.78, 5) is 28.1. The maximum absolute atomic E-state index is 12.8. The first-order valence-corrected chi connectivity index (χ1v) is 11.2. The number of halogens is 1. The van der Waals surface area contributed by atoms with Gasteiger partial charge >= 0.3 is 0 Å². The summed E-state index contributed by atoms with van der Waals surface area (Å²) in [6, 6.07) is 15.4. The summed E-state index contributed by atoms with van der Waals surface area (Å²) in [6.45, 7) is 3.35. The number of benzene rings is 2. The lowest BCUT2D eigenvalue weighted by molar-refractivity contribution is -0.385. The number of methoxy groups -OCH3 is 1. The minimum atomic E-state index is -0.590. The number of anilines is 1. The van der Waals surface area contributed by atoms with E-state index in [1.807, 2.05) is 30.3 Å². The number of amides is 1. The smallest absolute Gasteiger partial charge is 0.282 e. The zero-order valence-corrected chi connectivity index (χ0v) is 19.4. The number of nitro groups is 1. The molecule has 3 aromatic rings. The van der Waals surface area contributed by atoms with E-state index >= 15 is 0 Å². The van der Waals surface area contributed by atoms with Crippen molar-refractivity contribution < 1.29 is 18.9 Å². The van der Waals surface area contributed by atoms with Crippen LogP contribution in [0.15, 0.2) is 65.3 Å². The second kappa shape index (κ2) is 10.6. The number of hydrogen-bond donors (Lipinski definition) is 1. The van der Waals surface area contributed by atoms with Crippen LogP contribution in [0.2, 0.25) is 5.02 Å². The molecule has 34 heavy (non-hydrogen) atoms. The Morgan fingerprint density at radius 3 is 2.53 bits per heavy atom. The molecule has 2 heterocycles. The van der Waals surface area contributed by atoms with Gasteiger partial charge in [-0.3, -0.25) is 19.8 Å². The topological polar surface area (TPSA) is 101 Å². The monoisotopic (exact) mass is 484 g/mol. The van der Waals surface area contributed by atoms with Gasteiger partial charge in [0.25, 0.3) is 11.6 Å². The van der Waals surface area contributed by atoms with Crippen LogP contribution in [0.1, 0.15) is 22.2 Å². The number of carbonyl (C=O) groups excluding carboxylic acids is 1. The van der Waals surface area contributed by atoms with Crippen LogP contribution < -0.4 is 15.0 Å². The second-order valence-electron chi connectivity index (χ2n) is 7.88. The molecule has 0 saturated carbocycles. The molecule has 0 aliphatic carbocycles. The first kappa shape index (κ1) is 23.6. The van der Waals surface area contributed by atoms with Crippen molar-refractivity contribution in [1.82, 2.24) is 10.2 Å². The molecule has 178 valence electrons. The summed E-state index contributed by atoms with van der Waals surface area (Å²) < 4.78 is 10.9. The Labute approximate surface area is 202 Å². The van der Waals surface area contributed by atoms with Crippen LogP contribution in [0.4, 0.5) is 11.4 Å². The molecule has 1 amide bonds. The van der Waals surface area contributed by atoms with Crippen molar-refractivity contribution in [2.75, 3.05) is 44.7 Å². The largest absolute Gasteiger partial charge is 0.497 e. The van der Waals surface area contributed by atoms with Gasteiger partial charge in [0.1, 0.15) is 17.1 Å². The molecule has 1 aliphatic heterocycles. The summed E-state index contributed by atoms with van der Waals surface area (Å²) in [5.41, 5.74) is 0.765. The van der Waals surface area contributed by atoms with Gasteiger partial charge in [0.15, 0.2) is 0 Å². The minimum Gasteiger partial charge on any atom is -0.497 e. The maximum atomic E-state index is 12.8. The number of nitro benzene ring substituents is 1. The highest BCUT2D eigenvalue weighted by Gasteiger charge is 2.28. The van der Waals surface area contributed by atoms with Crippen LogP contribution in [-0.4, -0.2) is 55.6 Å². The van der Waals surface area contributed by atoms with E-state index in [9.17, 15) is 14.9 Å². The summed E-state index contributed by atoms with van der Waals surface area (Å²) in [6.07, 6.45) is 1.60. The fourth-order valence-electron chi connectivity index (χ4n) is 4.11. The van der Waals surface area contributed by atoms with Gasteiger partial charge in [0.2, 0.25) is 0 Å². The van der Waals surface area contributed by atoms with Crippen molar-refractivity contribution in [2.24, 2.45) is 0 Å². The average molecular weight is 485 g/mol. The molecular weight excluding hydrogens is 460 g/mol. The van der Waals surface area contributed by atoms with E-state index in [1.54, 1.807) is 19.4 Å². The van der Waals surface area contributed by atoms with Crippen molar-refractivity contribution >= 4 is 28.9 Å². The first-order chi connectivity index (χ1) is 16.5. The second-order valence-corrected chi connectivity index (χ2v) is 8.32. The Morgan fingerprint density at radius 2 is 1.91 bits per heavy atom. The molecule has 1 fully saturated rings. The summed E-state index contributed by atoms with van der Waals surface area (Å²) in [7, 11) is 1.64. The van der Waals surface area contributed by atoms with Gasteiger partial charge in [-0.15, -0.1) is 0 Å². The Kier molecular flexibility index (Phi) is 7.34. The lowest BCUT2D eigenvalue weighted by atomic mass is 10.1. The minimum absolute atomic E-state index is 0.0694. The van der Waals surface area contributed by atoms with Crippen molar-refractivity contribution in [2.45, 2.75) is 6.04 Å². The predicted molar refractivity (Wildman–Crippen MR) is 129 cm³/mol. The highest BCUT2D eigenvalue weighted by molar-refractivity contribution is 6.31. The molecule has 0 spiro atoms. The predicted octanol–water partition coefficient (Wildman–Crippen LogP) is 4.14. The highest BCUT2D eigenvalue weighted by Crippen LogP contribution is 2.27. The van der Waals surface area contributed by atoms with Crippen LogP contribution >= 0.6 is 11.6 Å². The van der Waals surface area contributed by atoms with Gasteiger partial charge in [0.05, 0.1) is 24.3 Å². The number of carbonyl (C=O) groups is 1. The fourth-order valence-corrected chi connectivity index (χ4v) is 4.28. The van der Waals surface area contributed by atoms with Crippen LogP contribution in [0, 0.1) is 10.1 Å². The zero-order chi connectivity index (χ0) is 24.1. The third-order valence-electron chi connectivity index (χ3n) is 5.92. The Balaban J connectivity index is 1.44. The molecule has 1 aromatic heterocycles. The molecule has 1 unspecified atom stereocenters. The molecule has 0 bridgehead atoms. The van der Waals surface area contributed by atoms with Crippen molar-refractivity contribution in [3.8, 4) is 5.75 Å². The summed E-state index contributed by atoms with van der Waals surface area (Å²) in [5.74, 6) is 0.984. The normalized spacial score (nSPS) is 15.1. The van der Waals surface area contributed by atoms with Crippen molar-refractivity contribution in [1.29, 1.82) is 0 Å². The lowest BCUT2D eigenvalue weighted by Crippen LogP contribution is -2.49. The van der Waals surface area contributed by atoms with E-state index in [2.05, 4.69) is 15.1 Å². The van der Waals surface area contributed by atoms with Gasteiger partial charge < -0.3 is 19.4 Å². The molecule has 1 aliphatic rings. The molecule has 10 heteroatoms. The average Bonchev–Trinajstić information content (AvgIpc) is 3.39. The van der Waals surface area contributed by atoms with Gasteiger partial charge in [0, 0.05) is 49.5 Å². The molecule has 1 N–H and O–H groups in total. The Bertz CT molecular complexity index is 1130. The van der Waals surface area contributed by atoms with E-state index in [-0.39, 0.29) is 28.9 Å². The standard InChI is InChI=1S/C24H25ClN4O5/c1-33-19-7-5-18(6-8-19)27-10-12-28(13-11-27)22(23-3-2-14-34-23)16-26-24(30)20-15-17(25)4-9-21(20)29(31)32/h2-9,14-15,22H,10-13,16H2,1H3,(H,26,30). The fraction of sp³-hybridized carbons (Fsp3) is 0.292. The van der Waals surface area contributed by atoms with Gasteiger partial charge in [-0.25, -0.2) is 0 Å². The molecule has 1 saturated heterocycles. The Morgan fingerprint density at radius 1 is 1.18 bits per heavy atom. The lowest BCUT2D eigenvalue weighted by Gasteiger charge is -2.39. The maximum Gasteiger partial charge on any atom is 0.282 e. The third kappa shape index (κ3) is 5.32. The van der Waals surface area contributed by atoms with Crippen molar-refractivity contribution in [3.63, 3.8) is 0 Å². The van der Waals surface area contributed by atoms with Crippen LogP contribution in [0.3, 0.4) is 0 Å². The van der Waals surface area contributed by atoms with Gasteiger partial charge in [-0.2, -0.15) is 0 Å². The molecule has 4 rings (SSSR count). The quantitative estimate of drug-likeness (QED) is 0.378. The van der Waals surface area contributed by atoms with E-state index < -0.39 is 10.8 Å². The van der Waals surface area contributed by atoms with E-state index in [4.69, 9.17) is 20.8 Å². The van der Waals surface area contributed by atoms with Crippen LogP contribution in [0.5, 0.6) is 5.75 Å². The third-order valence-corrected chi connectivity index (χ3v) is 6.16. The number of nitrogens with zero attached hydrogens (tertiary/aromatic N) is 3. The van der Waals surface area contributed by atoms with E-state index in [0.29, 0.717) is 0 Å². The molecule has 9 nitrogen and oxygen atoms in total. The number of nitrogens with one attached hydrogen (secondary N) is 1. The van der Waals surface area contributed by atoms with Crippen LogP contribution in [-0.2, 0) is 0 Å². The van der Waals surface area contributed by atoms with Crippen LogP contribution in [0.25, 0.3) is 0 Å². The highest BCUT2D eigenvalue weighted by atomic mass is 35.5. The Hall–Kier alpha value is -3.56. The summed E-state index contributed by atoms with van der Waals surface area (Å²) in [5, 5.41) is 14.4. The van der Waals surface area contributed by atoms with E-state index in [1.165, 1.54) is 18.2 Å². The van der Waals surface area contributed by atoms with E-state index in [0.717, 1.165) is 43.4 Å². The first-order valence-electron chi connectivity index (χ1n) is 10.8. The number of ether oxygens (including phenoxy) is 1. The number of piperazine rings is 1. The number of rotatable bonds is 8. The van der Waals surface area contributed by atoms with Gasteiger partial charge in [-0.05, 0) is 48.5 Å². The number of hydrogen-bond acceptors (Lipinski definition) is 7. The molecule has 2 aromatic carbocycles. The van der Waals surface area contributed by atoms with Gasteiger partial charge in [-0.1, -0.05) is 11.6 Å². The summed E-state index contributed by atoms with van der Waals surface area (Å²) >= 11 is 5.97. The number of furan rings is 1.